The molecule has 0 aliphatic heterocycles. The number of hydrogen-bond acceptors (Lipinski definition) is 3. The molecule has 0 spiro atoms. The van der Waals surface area contributed by atoms with Crippen LogP contribution in [0.5, 0.6) is 0 Å². The van der Waals surface area contributed by atoms with Crippen LogP contribution in [0.2, 0.25) is 0 Å². The van der Waals surface area contributed by atoms with E-state index in [-0.39, 0.29) is 5.41 Å². The number of fused-ring (bicyclic) bond motifs is 3. The maximum atomic E-state index is 4.97. The van der Waals surface area contributed by atoms with Gasteiger partial charge in [0.05, 0.1) is 5.69 Å². The van der Waals surface area contributed by atoms with E-state index in [1.165, 1.54) is 63.0 Å². The van der Waals surface area contributed by atoms with Crippen molar-refractivity contribution in [2.75, 3.05) is 0 Å². The normalized spacial score (nSPS) is 12.4. The third kappa shape index (κ3) is 4.39. The average molecular weight is 520 g/mol. The van der Waals surface area contributed by atoms with Gasteiger partial charge in [0.25, 0.3) is 0 Å². The van der Waals surface area contributed by atoms with E-state index in [2.05, 4.69) is 108 Å². The Morgan fingerprint density at radius 3 is 2.43 bits per heavy atom. The largest absolute Gasteiger partial charge is 0.256 e. The van der Waals surface area contributed by atoms with Gasteiger partial charge in [-0.3, -0.25) is 4.98 Å². The van der Waals surface area contributed by atoms with Gasteiger partial charge < -0.3 is 0 Å². The van der Waals surface area contributed by atoms with Crippen LogP contribution in [-0.2, 0) is 11.8 Å². The molecule has 0 saturated heterocycles. The number of pyridine rings is 1. The van der Waals surface area contributed by atoms with E-state index < -0.39 is 0 Å². The van der Waals surface area contributed by atoms with Gasteiger partial charge in [0.2, 0.25) is 0 Å². The summed E-state index contributed by atoms with van der Waals surface area (Å²) in [6, 6.07) is 25.0. The summed E-state index contributed by atoms with van der Waals surface area (Å²) in [4.78, 5) is 7.69. The van der Waals surface area contributed by atoms with Gasteiger partial charge in [-0.25, -0.2) is 0 Å². The minimum absolute atomic E-state index is 0.0455. The molecule has 3 heterocycles. The molecule has 0 fully saturated rings. The fourth-order valence-electron chi connectivity index (χ4n) is 5.50. The van der Waals surface area contributed by atoms with Gasteiger partial charge in [-0.15, -0.1) is 22.7 Å². The molecule has 0 aliphatic rings. The molecule has 37 heavy (non-hydrogen) atoms. The van der Waals surface area contributed by atoms with Gasteiger partial charge in [0.1, 0.15) is 0 Å². The molecule has 6 rings (SSSR count). The van der Waals surface area contributed by atoms with E-state index in [9.17, 15) is 0 Å². The number of nitrogens with zero attached hydrogens (tertiary/aromatic N) is 1. The topological polar surface area (TPSA) is 12.9 Å². The molecule has 0 N–H and O–H groups in total. The Bertz CT molecular complexity index is 1780. The van der Waals surface area contributed by atoms with Crippen molar-refractivity contribution in [2.45, 2.75) is 53.4 Å². The lowest BCUT2D eigenvalue weighted by Gasteiger charge is -2.23. The predicted octanol–water partition coefficient (Wildman–Crippen LogP) is 10.8. The molecule has 0 saturated carbocycles. The van der Waals surface area contributed by atoms with Crippen molar-refractivity contribution < 1.29 is 0 Å². The Hall–Kier alpha value is -3.01. The molecule has 0 bridgehead atoms. The van der Waals surface area contributed by atoms with Crippen molar-refractivity contribution in [1.82, 2.24) is 4.98 Å². The molecule has 0 atom stereocenters. The first-order valence-corrected chi connectivity index (χ1v) is 14.8. The van der Waals surface area contributed by atoms with Crippen molar-refractivity contribution in [2.24, 2.45) is 5.92 Å². The highest BCUT2D eigenvalue weighted by Gasteiger charge is 2.21. The molecule has 0 aliphatic carbocycles. The summed E-state index contributed by atoms with van der Waals surface area (Å²) in [5.74, 6) is 0.668. The fourth-order valence-corrected chi connectivity index (χ4v) is 7.99. The van der Waals surface area contributed by atoms with Crippen LogP contribution in [0.15, 0.2) is 72.9 Å². The number of aromatic nitrogens is 1. The van der Waals surface area contributed by atoms with Crippen LogP contribution in [-0.4, -0.2) is 4.98 Å². The summed E-state index contributed by atoms with van der Waals surface area (Å²) in [6.07, 6.45) is 3.11. The smallest absolute Gasteiger partial charge is 0.0791 e. The zero-order chi connectivity index (χ0) is 25.9. The molecule has 3 aromatic heterocycles. The second kappa shape index (κ2) is 9.08. The Morgan fingerprint density at radius 1 is 0.838 bits per heavy atom. The lowest BCUT2D eigenvalue weighted by atomic mass is 9.82. The summed E-state index contributed by atoms with van der Waals surface area (Å²) in [7, 11) is 0. The maximum absolute atomic E-state index is 4.97. The highest BCUT2D eigenvalue weighted by Crippen LogP contribution is 2.46. The second-order valence-electron chi connectivity index (χ2n) is 11.7. The monoisotopic (exact) mass is 519 g/mol. The molecule has 0 radical (unpaired) electrons. The SMILES string of the molecule is Cc1c(-c2cc3ccc(CC(C)C)cc3s2)sc2ccnc(-c3cc(C(C)(C)C)c4ccccc4c3)c12. The quantitative estimate of drug-likeness (QED) is 0.226. The first kappa shape index (κ1) is 24.3. The van der Waals surface area contributed by atoms with Crippen molar-refractivity contribution in [3.8, 4) is 21.0 Å². The summed E-state index contributed by atoms with van der Waals surface area (Å²) in [5, 5.41) is 5.23. The van der Waals surface area contributed by atoms with Crippen molar-refractivity contribution in [3.63, 3.8) is 0 Å². The second-order valence-corrected chi connectivity index (χ2v) is 13.8. The fraction of sp³-hybridized carbons (Fsp3) is 0.265. The molecule has 3 aromatic carbocycles. The maximum Gasteiger partial charge on any atom is 0.0791 e. The molecule has 1 nitrogen and oxygen atoms in total. The minimum atomic E-state index is 0.0455. The average Bonchev–Trinajstić information content (AvgIpc) is 3.43. The van der Waals surface area contributed by atoms with E-state index >= 15 is 0 Å². The Labute approximate surface area is 227 Å². The van der Waals surface area contributed by atoms with Gasteiger partial charge >= 0.3 is 0 Å². The van der Waals surface area contributed by atoms with Gasteiger partial charge in [-0.1, -0.05) is 71.0 Å². The number of thiophene rings is 2. The van der Waals surface area contributed by atoms with E-state index in [0.29, 0.717) is 5.92 Å². The zero-order valence-corrected chi connectivity index (χ0v) is 24.1. The van der Waals surface area contributed by atoms with E-state index in [1.54, 1.807) is 0 Å². The summed E-state index contributed by atoms with van der Waals surface area (Å²) in [5.41, 5.74) is 6.48. The minimum Gasteiger partial charge on any atom is -0.256 e. The van der Waals surface area contributed by atoms with E-state index in [1.807, 2.05) is 28.9 Å². The molecule has 0 unspecified atom stereocenters. The van der Waals surface area contributed by atoms with Gasteiger partial charge in [0.15, 0.2) is 0 Å². The van der Waals surface area contributed by atoms with Crippen LogP contribution in [0.25, 0.3) is 52.0 Å². The molecule has 0 amide bonds. The lowest BCUT2D eigenvalue weighted by molar-refractivity contribution is 0.596. The number of benzene rings is 3. The van der Waals surface area contributed by atoms with Crippen LogP contribution in [0.3, 0.4) is 0 Å². The van der Waals surface area contributed by atoms with Crippen molar-refractivity contribution in [1.29, 1.82) is 0 Å². The summed E-state index contributed by atoms with van der Waals surface area (Å²) < 4.78 is 2.69. The van der Waals surface area contributed by atoms with Crippen LogP contribution in [0, 0.1) is 12.8 Å². The van der Waals surface area contributed by atoms with Crippen molar-refractivity contribution >= 4 is 53.6 Å². The number of hydrogen-bond donors (Lipinski definition) is 0. The molecule has 186 valence electrons. The summed E-state index contributed by atoms with van der Waals surface area (Å²) >= 11 is 3.82. The summed E-state index contributed by atoms with van der Waals surface area (Å²) in [6.45, 7) is 13.8. The Balaban J connectivity index is 1.52. The van der Waals surface area contributed by atoms with Crippen LogP contribution < -0.4 is 0 Å². The Morgan fingerprint density at radius 2 is 1.65 bits per heavy atom. The molecule has 3 heteroatoms. The third-order valence-electron chi connectivity index (χ3n) is 7.24. The highest BCUT2D eigenvalue weighted by atomic mass is 32.1. The van der Waals surface area contributed by atoms with Crippen molar-refractivity contribution in [3.05, 3.63) is 89.6 Å². The third-order valence-corrected chi connectivity index (χ3v) is 9.77. The standard InChI is InChI=1S/C34H33NS2/c1-20(2)15-22-11-12-24-19-30(36-29(24)16-22)33-21(3)31-28(37-33)13-14-35-32(31)25-17-23-9-7-8-10-26(23)27(18-25)34(4,5)6/h7-14,16-20H,15H2,1-6H3. The lowest BCUT2D eigenvalue weighted by Crippen LogP contribution is -2.12. The number of rotatable bonds is 4. The van der Waals surface area contributed by atoms with Gasteiger partial charge in [0, 0.05) is 36.3 Å². The van der Waals surface area contributed by atoms with Crippen LogP contribution in [0.4, 0.5) is 0 Å². The molecule has 6 aromatic rings. The number of aryl methyl sites for hydroxylation is 1. The highest BCUT2D eigenvalue weighted by molar-refractivity contribution is 7.28. The van der Waals surface area contributed by atoms with E-state index in [0.717, 1.165) is 12.1 Å². The van der Waals surface area contributed by atoms with Crippen LogP contribution in [0.1, 0.15) is 51.3 Å². The van der Waals surface area contributed by atoms with E-state index in [4.69, 9.17) is 4.98 Å². The van der Waals surface area contributed by atoms with Crippen LogP contribution >= 0.6 is 22.7 Å². The molecular formula is C34H33NS2. The van der Waals surface area contributed by atoms with Gasteiger partial charge in [-0.05, 0) is 87.9 Å². The van der Waals surface area contributed by atoms with Gasteiger partial charge in [-0.2, -0.15) is 0 Å². The Kier molecular flexibility index (Phi) is 5.97. The first-order chi connectivity index (χ1) is 17.7. The molecular weight excluding hydrogens is 487 g/mol. The zero-order valence-electron chi connectivity index (χ0n) is 22.5. The first-order valence-electron chi connectivity index (χ1n) is 13.1. The predicted molar refractivity (Wildman–Crippen MR) is 165 cm³/mol.